The lowest BCUT2D eigenvalue weighted by Gasteiger charge is -2.00. The zero-order valence-electron chi connectivity index (χ0n) is 7.60. The van der Waals surface area contributed by atoms with E-state index in [0.29, 0.717) is 12.8 Å². The van der Waals surface area contributed by atoms with Gasteiger partial charge < -0.3 is 5.11 Å². The van der Waals surface area contributed by atoms with E-state index in [2.05, 4.69) is 0 Å². The van der Waals surface area contributed by atoms with Gasteiger partial charge in [0.1, 0.15) is 0 Å². The monoisotopic (exact) mass is 184 g/mol. The number of benzene rings is 1. The molecule has 0 atom stereocenters. The second kappa shape index (κ2) is 3.54. The van der Waals surface area contributed by atoms with E-state index in [-0.39, 0.29) is 0 Å². The van der Waals surface area contributed by atoms with E-state index in [1.807, 2.05) is 36.4 Å². The summed E-state index contributed by atoms with van der Waals surface area (Å²) in [6.45, 7) is 0. The largest absolute Gasteiger partial charge is 0.478 e. The van der Waals surface area contributed by atoms with Gasteiger partial charge in [0.25, 0.3) is 0 Å². The molecule has 1 N–H and O–H groups in total. The zero-order chi connectivity index (χ0) is 9.97. The first kappa shape index (κ1) is 8.82. The molecule has 2 rings (SSSR count). The van der Waals surface area contributed by atoms with Gasteiger partial charge >= 0.3 is 5.97 Å². The van der Waals surface area contributed by atoms with Gasteiger partial charge in [-0.2, -0.15) is 0 Å². The Morgan fingerprint density at radius 2 is 1.86 bits per heavy atom. The van der Waals surface area contributed by atoms with Gasteiger partial charge in [0.05, 0.1) is 0 Å². The number of rotatable bonds is 2. The molecular weight excluding hydrogens is 175 g/mol. The van der Waals surface area contributed by atoms with Crippen LogP contribution in [0, 0.1) is 0 Å². The summed E-state index contributed by atoms with van der Waals surface area (Å²) >= 11 is 0. The highest BCUT2D eigenvalue weighted by Gasteiger charge is 2.16. The van der Waals surface area contributed by atoms with Gasteiger partial charge in [-0.1, -0.05) is 48.0 Å². The minimum absolute atomic E-state index is 0.462. The Morgan fingerprint density at radius 1 is 1.14 bits per heavy atom. The molecule has 2 nitrogen and oxygen atoms in total. The number of aliphatic carboxylic acids is 1. The van der Waals surface area contributed by atoms with Crippen molar-refractivity contribution in [2.45, 2.75) is 0 Å². The second-order valence-electron chi connectivity index (χ2n) is 3.23. The maximum absolute atomic E-state index is 10.7. The quantitative estimate of drug-likeness (QED) is 0.706. The Morgan fingerprint density at radius 3 is 2.43 bits per heavy atom. The molecule has 0 radical (unpaired) electrons. The molecule has 1 heterocycles. The van der Waals surface area contributed by atoms with Gasteiger partial charge in [0.2, 0.25) is 7.28 Å². The van der Waals surface area contributed by atoms with Crippen LogP contribution in [0.25, 0.3) is 5.47 Å². The molecule has 0 amide bonds. The van der Waals surface area contributed by atoms with Crippen molar-refractivity contribution in [3.8, 4) is 0 Å². The summed E-state index contributed by atoms with van der Waals surface area (Å²) in [5.41, 5.74) is 2.63. The average Bonchev–Trinajstić information content (AvgIpc) is 2.68. The van der Waals surface area contributed by atoms with E-state index in [9.17, 15) is 4.79 Å². The molecular formula is C11H9BO2. The molecule has 0 aliphatic carbocycles. The molecule has 0 spiro atoms. The first-order valence-corrected chi connectivity index (χ1v) is 4.46. The summed E-state index contributed by atoms with van der Waals surface area (Å²) in [6.07, 6.45) is 3.55. The Hall–Kier alpha value is -1.77. The lowest BCUT2D eigenvalue weighted by atomic mass is 9.64. The van der Waals surface area contributed by atoms with Gasteiger partial charge in [-0.3, -0.25) is 0 Å². The average molecular weight is 184 g/mol. The van der Waals surface area contributed by atoms with Crippen LogP contribution in [0.5, 0.6) is 0 Å². The highest BCUT2D eigenvalue weighted by atomic mass is 16.4. The van der Waals surface area contributed by atoms with Gasteiger partial charge in [-0.05, 0) is 5.56 Å². The maximum Gasteiger partial charge on any atom is 0.322 e. The predicted molar refractivity (Wildman–Crippen MR) is 57.3 cm³/mol. The molecule has 1 aromatic rings. The molecule has 0 fully saturated rings. The molecule has 0 bridgehead atoms. The van der Waals surface area contributed by atoms with Crippen LogP contribution in [0.3, 0.4) is 0 Å². The van der Waals surface area contributed by atoms with E-state index >= 15 is 0 Å². The molecule has 0 aromatic heterocycles. The summed E-state index contributed by atoms with van der Waals surface area (Å²) in [6, 6.07) is 9.84. The van der Waals surface area contributed by atoms with Gasteiger partial charge in [-0.15, -0.1) is 0 Å². The topological polar surface area (TPSA) is 37.3 Å². The molecule has 3 heteroatoms. The van der Waals surface area contributed by atoms with Crippen LogP contribution >= 0.6 is 0 Å². The third-order valence-corrected chi connectivity index (χ3v) is 2.29. The van der Waals surface area contributed by atoms with E-state index < -0.39 is 5.97 Å². The number of allylic oxidation sites excluding steroid dienone is 2. The van der Waals surface area contributed by atoms with Crippen LogP contribution in [0.1, 0.15) is 5.56 Å². The van der Waals surface area contributed by atoms with Crippen LogP contribution in [-0.4, -0.2) is 18.4 Å². The van der Waals surface area contributed by atoms with Crippen molar-refractivity contribution in [1.29, 1.82) is 0 Å². The fraction of sp³-hybridized carbons (Fsp3) is 0. The number of hydrogen-bond donors (Lipinski definition) is 1. The molecule has 0 saturated heterocycles. The third kappa shape index (κ3) is 1.62. The first-order chi connectivity index (χ1) is 6.77. The molecule has 1 aliphatic rings. The molecule has 1 aromatic carbocycles. The maximum atomic E-state index is 10.7. The lowest BCUT2D eigenvalue weighted by Crippen LogP contribution is -2.06. The van der Waals surface area contributed by atoms with Crippen LogP contribution in [-0.2, 0) is 4.79 Å². The number of carboxylic acid groups (broad SMARTS) is 1. The van der Waals surface area contributed by atoms with E-state index in [1.54, 1.807) is 6.08 Å². The van der Waals surface area contributed by atoms with Crippen LogP contribution in [0.4, 0.5) is 0 Å². The highest BCUT2D eigenvalue weighted by Crippen LogP contribution is 2.20. The zero-order valence-corrected chi connectivity index (χ0v) is 7.60. The van der Waals surface area contributed by atoms with E-state index in [1.165, 1.54) is 0 Å². The standard InChI is InChI=1S/C11H9BO2/c13-11(14)10-7-6-9(12-10)8-4-2-1-3-5-8/h1-7,12H,(H,13,14). The normalized spacial score (nSPS) is 14.3. The minimum Gasteiger partial charge on any atom is -0.478 e. The third-order valence-electron chi connectivity index (χ3n) is 2.29. The molecule has 1 aliphatic heterocycles. The van der Waals surface area contributed by atoms with E-state index in [4.69, 9.17) is 5.11 Å². The summed E-state index contributed by atoms with van der Waals surface area (Å²) in [5.74, 6) is -0.827. The minimum atomic E-state index is -0.827. The fourth-order valence-electron chi connectivity index (χ4n) is 1.52. The molecule has 14 heavy (non-hydrogen) atoms. The summed E-state index contributed by atoms with van der Waals surface area (Å²) < 4.78 is 0. The van der Waals surface area contributed by atoms with Crippen molar-refractivity contribution >= 4 is 18.7 Å². The van der Waals surface area contributed by atoms with Crippen molar-refractivity contribution in [2.24, 2.45) is 0 Å². The van der Waals surface area contributed by atoms with Crippen LogP contribution in [0.15, 0.2) is 48.0 Å². The number of carbonyl (C=O) groups is 1. The van der Waals surface area contributed by atoms with Crippen LogP contribution in [0.2, 0.25) is 0 Å². The Balaban J connectivity index is 2.17. The SMILES string of the molecule is O=C(O)C1=CC=C(c2ccccc2)B1. The van der Waals surface area contributed by atoms with Crippen molar-refractivity contribution in [1.82, 2.24) is 0 Å². The van der Waals surface area contributed by atoms with E-state index in [0.717, 1.165) is 11.0 Å². The van der Waals surface area contributed by atoms with Crippen LogP contribution < -0.4 is 0 Å². The Labute approximate surface area is 82.8 Å². The van der Waals surface area contributed by atoms with Gasteiger partial charge in [0.15, 0.2) is 0 Å². The first-order valence-electron chi connectivity index (χ1n) is 4.46. The Kier molecular flexibility index (Phi) is 2.23. The number of hydrogen-bond acceptors (Lipinski definition) is 1. The Bertz CT molecular complexity index is 418. The number of carboxylic acids is 1. The molecule has 0 unspecified atom stereocenters. The highest BCUT2D eigenvalue weighted by molar-refractivity contribution is 6.73. The second-order valence-corrected chi connectivity index (χ2v) is 3.23. The smallest absolute Gasteiger partial charge is 0.322 e. The van der Waals surface area contributed by atoms with Crippen molar-refractivity contribution < 1.29 is 9.90 Å². The van der Waals surface area contributed by atoms with Gasteiger partial charge in [-0.25, -0.2) is 4.79 Å². The fourth-order valence-corrected chi connectivity index (χ4v) is 1.52. The summed E-state index contributed by atoms with van der Waals surface area (Å²) in [7, 11) is 0.527. The predicted octanol–water partition coefficient (Wildman–Crippen LogP) is 1.45. The molecule has 68 valence electrons. The van der Waals surface area contributed by atoms with Crippen molar-refractivity contribution in [3.63, 3.8) is 0 Å². The summed E-state index contributed by atoms with van der Waals surface area (Å²) in [5, 5.41) is 8.78. The lowest BCUT2D eigenvalue weighted by molar-refractivity contribution is -0.131. The van der Waals surface area contributed by atoms with Crippen molar-refractivity contribution in [3.05, 3.63) is 53.5 Å². The molecule has 0 saturated carbocycles. The van der Waals surface area contributed by atoms with Crippen molar-refractivity contribution in [2.75, 3.05) is 0 Å². The van der Waals surface area contributed by atoms with Gasteiger partial charge in [0, 0.05) is 5.47 Å². The summed E-state index contributed by atoms with van der Waals surface area (Å²) in [4.78, 5) is 10.7.